The Labute approximate surface area is 234 Å². The van der Waals surface area contributed by atoms with Gasteiger partial charge in [-0.2, -0.15) is 5.26 Å². The Hall–Kier alpha value is -4.66. The molecule has 11 nitrogen and oxygen atoms in total. The molecule has 0 saturated carbocycles. The number of hydrazone groups is 1. The summed E-state index contributed by atoms with van der Waals surface area (Å²) >= 11 is 0. The Morgan fingerprint density at radius 2 is 1.85 bits per heavy atom. The summed E-state index contributed by atoms with van der Waals surface area (Å²) in [5.41, 5.74) is 11.1. The number of rotatable bonds is 7. The standard InChI is InChI=1S/C29H34N10O/c1-3-39(35-28(31)38-12-10-36(2)11-13-38)25-6-4-24(5-7-25)33-29-32-9-8-27(34-29)23-18-22(21-30)19-26(20-23)37-14-16-40-17-15-37/h3-9,18-20H,1,10-17H2,2H3,(H2,31,35)(H,32,33,34). The van der Waals surface area contributed by atoms with Crippen LogP contribution in [0.2, 0.25) is 0 Å². The highest BCUT2D eigenvalue weighted by atomic mass is 16.5. The molecule has 40 heavy (non-hydrogen) atoms. The maximum atomic E-state index is 9.62. The van der Waals surface area contributed by atoms with Crippen LogP contribution in [0.25, 0.3) is 11.3 Å². The fourth-order valence-corrected chi connectivity index (χ4v) is 4.65. The van der Waals surface area contributed by atoms with E-state index in [-0.39, 0.29) is 0 Å². The topological polar surface area (TPSA) is 122 Å². The fraction of sp³-hybridized carbons (Fsp3) is 0.310. The lowest BCUT2D eigenvalue weighted by atomic mass is 10.1. The van der Waals surface area contributed by atoms with Crippen LogP contribution in [0.5, 0.6) is 0 Å². The number of ether oxygens (including phenoxy) is 1. The molecule has 0 spiro atoms. The number of likely N-dealkylation sites (N-methyl/N-ethyl adjacent to an activating group) is 1. The Morgan fingerprint density at radius 3 is 2.55 bits per heavy atom. The van der Waals surface area contributed by atoms with Gasteiger partial charge in [0.25, 0.3) is 0 Å². The first-order valence-electron chi connectivity index (χ1n) is 13.3. The molecule has 2 aromatic carbocycles. The lowest BCUT2D eigenvalue weighted by Crippen LogP contribution is -2.50. The van der Waals surface area contributed by atoms with Gasteiger partial charge in [-0.25, -0.2) is 15.0 Å². The van der Waals surface area contributed by atoms with Crippen LogP contribution in [-0.2, 0) is 4.74 Å². The first-order valence-corrected chi connectivity index (χ1v) is 13.3. The molecule has 0 aliphatic carbocycles. The molecule has 0 unspecified atom stereocenters. The van der Waals surface area contributed by atoms with E-state index in [1.165, 1.54) is 0 Å². The summed E-state index contributed by atoms with van der Waals surface area (Å²) in [5, 5.41) is 19.1. The van der Waals surface area contributed by atoms with Crippen molar-refractivity contribution >= 4 is 29.0 Å². The van der Waals surface area contributed by atoms with Crippen LogP contribution in [0.15, 0.2) is 72.6 Å². The molecule has 5 rings (SSSR count). The number of hydrogen-bond acceptors (Lipinski definition) is 9. The number of aromatic nitrogens is 2. The molecule has 0 bridgehead atoms. The molecule has 3 aromatic rings. The number of nitriles is 1. The van der Waals surface area contributed by atoms with Gasteiger partial charge in [-0.1, -0.05) is 6.58 Å². The predicted octanol–water partition coefficient (Wildman–Crippen LogP) is 3.02. The monoisotopic (exact) mass is 538 g/mol. The van der Waals surface area contributed by atoms with Gasteiger partial charge in [0.2, 0.25) is 11.9 Å². The van der Waals surface area contributed by atoms with Gasteiger partial charge in [0.1, 0.15) is 0 Å². The van der Waals surface area contributed by atoms with Crippen molar-refractivity contribution in [3.05, 3.63) is 73.1 Å². The van der Waals surface area contributed by atoms with Crippen LogP contribution in [0, 0.1) is 11.3 Å². The quantitative estimate of drug-likeness (QED) is 0.264. The molecule has 206 valence electrons. The second kappa shape index (κ2) is 12.5. The number of morpholine rings is 1. The van der Waals surface area contributed by atoms with Gasteiger partial charge in [0.15, 0.2) is 0 Å². The van der Waals surface area contributed by atoms with Crippen molar-refractivity contribution in [2.75, 3.05) is 74.8 Å². The second-order valence-corrected chi connectivity index (χ2v) is 9.69. The van der Waals surface area contributed by atoms with Crippen molar-refractivity contribution in [3.63, 3.8) is 0 Å². The van der Waals surface area contributed by atoms with E-state index in [4.69, 9.17) is 15.5 Å². The van der Waals surface area contributed by atoms with E-state index in [1.54, 1.807) is 17.4 Å². The van der Waals surface area contributed by atoms with Gasteiger partial charge in [0.05, 0.1) is 36.2 Å². The number of nitrogens with two attached hydrogens (primary N) is 1. The zero-order valence-electron chi connectivity index (χ0n) is 22.7. The van der Waals surface area contributed by atoms with E-state index in [9.17, 15) is 5.26 Å². The Balaban J connectivity index is 1.30. The molecule has 0 radical (unpaired) electrons. The molecule has 11 heteroatoms. The molecule has 0 atom stereocenters. The number of benzene rings is 2. The maximum Gasteiger partial charge on any atom is 0.227 e. The Morgan fingerprint density at radius 1 is 1.10 bits per heavy atom. The molecule has 3 heterocycles. The van der Waals surface area contributed by atoms with Crippen LogP contribution in [0.1, 0.15) is 5.56 Å². The summed E-state index contributed by atoms with van der Waals surface area (Å²) in [6, 6.07) is 17.7. The SMILES string of the molecule is C=CN(/N=C(\N)N1CCN(C)CC1)c1ccc(Nc2nccc(-c3cc(C#N)cc(N4CCOCC4)c3)n2)cc1. The maximum absolute atomic E-state index is 9.62. The van der Waals surface area contributed by atoms with Gasteiger partial charge in [-0.05, 0) is 55.6 Å². The van der Waals surface area contributed by atoms with Crippen molar-refractivity contribution < 1.29 is 4.74 Å². The summed E-state index contributed by atoms with van der Waals surface area (Å²) in [7, 11) is 2.10. The Bertz CT molecular complexity index is 1390. The highest BCUT2D eigenvalue weighted by Crippen LogP contribution is 2.28. The van der Waals surface area contributed by atoms with Crippen molar-refractivity contribution in [3.8, 4) is 17.3 Å². The summed E-state index contributed by atoms with van der Waals surface area (Å²) in [6.07, 6.45) is 3.35. The van der Waals surface area contributed by atoms with Gasteiger partial charge in [0, 0.05) is 68.6 Å². The lowest BCUT2D eigenvalue weighted by Gasteiger charge is -2.33. The number of anilines is 4. The highest BCUT2D eigenvalue weighted by molar-refractivity contribution is 5.79. The zero-order chi connectivity index (χ0) is 27.9. The normalized spacial score (nSPS) is 16.4. The molecule has 2 saturated heterocycles. The van der Waals surface area contributed by atoms with Crippen molar-refractivity contribution in [1.29, 1.82) is 5.26 Å². The predicted molar refractivity (Wildman–Crippen MR) is 158 cm³/mol. The highest BCUT2D eigenvalue weighted by Gasteiger charge is 2.17. The van der Waals surface area contributed by atoms with Crippen LogP contribution in [0.4, 0.5) is 23.0 Å². The van der Waals surface area contributed by atoms with Crippen molar-refractivity contribution in [2.24, 2.45) is 10.8 Å². The van der Waals surface area contributed by atoms with Crippen LogP contribution >= 0.6 is 0 Å². The van der Waals surface area contributed by atoms with E-state index in [0.717, 1.165) is 67.6 Å². The summed E-state index contributed by atoms with van der Waals surface area (Å²) in [5.74, 6) is 0.927. The van der Waals surface area contributed by atoms with E-state index in [0.29, 0.717) is 30.7 Å². The minimum absolute atomic E-state index is 0.457. The molecule has 2 aliphatic heterocycles. The Kier molecular flexibility index (Phi) is 8.39. The van der Waals surface area contributed by atoms with Gasteiger partial charge >= 0.3 is 0 Å². The first kappa shape index (κ1) is 26.9. The summed E-state index contributed by atoms with van der Waals surface area (Å²) in [4.78, 5) is 15.7. The average Bonchev–Trinajstić information content (AvgIpc) is 3.01. The molecule has 0 amide bonds. The van der Waals surface area contributed by atoms with Gasteiger partial charge in [-0.3, -0.25) is 0 Å². The van der Waals surface area contributed by atoms with Gasteiger partial charge < -0.3 is 30.5 Å². The van der Waals surface area contributed by atoms with E-state index in [1.807, 2.05) is 42.5 Å². The van der Waals surface area contributed by atoms with Crippen LogP contribution in [-0.4, -0.2) is 85.3 Å². The largest absolute Gasteiger partial charge is 0.378 e. The third-order valence-corrected chi connectivity index (χ3v) is 6.97. The summed E-state index contributed by atoms with van der Waals surface area (Å²) in [6.45, 7) is 10.4. The number of piperazine rings is 1. The first-order chi connectivity index (χ1) is 19.5. The van der Waals surface area contributed by atoms with Crippen molar-refractivity contribution in [2.45, 2.75) is 0 Å². The molecule has 2 aliphatic rings. The zero-order valence-corrected chi connectivity index (χ0v) is 22.7. The molecular weight excluding hydrogens is 504 g/mol. The second-order valence-electron chi connectivity index (χ2n) is 9.69. The van der Waals surface area contributed by atoms with E-state index < -0.39 is 0 Å². The number of hydrogen-bond donors (Lipinski definition) is 2. The minimum atomic E-state index is 0.457. The third-order valence-electron chi connectivity index (χ3n) is 6.97. The smallest absolute Gasteiger partial charge is 0.227 e. The molecule has 2 fully saturated rings. The molecule has 3 N–H and O–H groups in total. The molecular formula is C29H34N10O. The lowest BCUT2D eigenvalue weighted by molar-refractivity contribution is 0.122. The van der Waals surface area contributed by atoms with Crippen LogP contribution < -0.4 is 21.0 Å². The molecule has 1 aromatic heterocycles. The average molecular weight is 539 g/mol. The number of guanidine groups is 1. The van der Waals surface area contributed by atoms with E-state index in [2.05, 4.69) is 55.9 Å². The van der Waals surface area contributed by atoms with Crippen molar-refractivity contribution in [1.82, 2.24) is 19.8 Å². The fourth-order valence-electron chi connectivity index (χ4n) is 4.65. The van der Waals surface area contributed by atoms with Gasteiger partial charge in [-0.15, -0.1) is 5.10 Å². The third kappa shape index (κ3) is 6.48. The van der Waals surface area contributed by atoms with Crippen LogP contribution in [0.3, 0.4) is 0 Å². The number of nitrogens with one attached hydrogen (secondary N) is 1. The van der Waals surface area contributed by atoms with E-state index >= 15 is 0 Å². The summed E-state index contributed by atoms with van der Waals surface area (Å²) < 4.78 is 5.48. The number of nitrogens with zero attached hydrogens (tertiary/aromatic N) is 8. The minimum Gasteiger partial charge on any atom is -0.378 e.